The Morgan fingerprint density at radius 3 is 2.63 bits per heavy atom. The molecule has 0 radical (unpaired) electrons. The minimum absolute atomic E-state index is 0.135. The highest BCUT2D eigenvalue weighted by molar-refractivity contribution is 7.12. The maximum Gasteiger partial charge on any atom is 0.224 e. The third-order valence-electron chi connectivity index (χ3n) is 3.86. The van der Waals surface area contributed by atoms with Crippen LogP contribution in [0.15, 0.2) is 6.07 Å². The van der Waals surface area contributed by atoms with Gasteiger partial charge >= 0.3 is 0 Å². The molecule has 104 valence electrons. The molecule has 0 spiro atoms. The summed E-state index contributed by atoms with van der Waals surface area (Å²) < 4.78 is 0. The van der Waals surface area contributed by atoms with Crippen LogP contribution in [0.25, 0.3) is 0 Å². The second kappa shape index (κ2) is 5.06. The van der Waals surface area contributed by atoms with Crippen molar-refractivity contribution >= 4 is 23.0 Å². The van der Waals surface area contributed by atoms with Crippen LogP contribution in [0.2, 0.25) is 0 Å². The van der Waals surface area contributed by atoms with E-state index in [0.717, 1.165) is 28.3 Å². The second-order valence-electron chi connectivity index (χ2n) is 5.64. The number of amides is 1. The predicted octanol–water partition coefficient (Wildman–Crippen LogP) is 1.74. The Bertz CT molecular complexity index is 524. The summed E-state index contributed by atoms with van der Waals surface area (Å²) in [6.45, 7) is 7.57. The molecule has 2 N–H and O–H groups in total. The molecule has 1 amide bonds. The maximum atomic E-state index is 12.3. The minimum Gasteiger partial charge on any atom is -0.369 e. The third-order valence-corrected chi connectivity index (χ3v) is 4.82. The summed E-state index contributed by atoms with van der Waals surface area (Å²) in [7, 11) is 0. The van der Waals surface area contributed by atoms with Crippen molar-refractivity contribution in [3.05, 3.63) is 21.4 Å². The second-order valence-corrected chi connectivity index (χ2v) is 7.10. The lowest BCUT2D eigenvalue weighted by Gasteiger charge is -2.20. The number of aryl methyl sites for hydroxylation is 2. The van der Waals surface area contributed by atoms with Crippen LogP contribution < -0.4 is 5.73 Å². The molecule has 1 aromatic heterocycles. The summed E-state index contributed by atoms with van der Waals surface area (Å²) in [6.07, 6.45) is 0.733. The number of carbonyl (C=O) groups is 2. The number of Topliss-reactive ketones (excluding diaryl/α,β-unsaturated/α-hetero) is 1. The first-order valence-corrected chi connectivity index (χ1v) is 7.26. The third kappa shape index (κ3) is 2.87. The van der Waals surface area contributed by atoms with Gasteiger partial charge in [0.15, 0.2) is 5.78 Å². The Balaban J connectivity index is 2.02. The molecule has 2 heterocycles. The number of hydrogen-bond donors (Lipinski definition) is 1. The lowest BCUT2D eigenvalue weighted by molar-refractivity contribution is -0.126. The minimum atomic E-state index is -0.486. The number of carbonyl (C=O) groups excluding carboxylic acids is 2. The fourth-order valence-electron chi connectivity index (χ4n) is 2.59. The van der Waals surface area contributed by atoms with E-state index in [0.29, 0.717) is 13.1 Å². The largest absolute Gasteiger partial charge is 0.369 e. The van der Waals surface area contributed by atoms with Gasteiger partial charge in [0.25, 0.3) is 0 Å². The van der Waals surface area contributed by atoms with Crippen molar-refractivity contribution in [2.45, 2.75) is 27.2 Å². The molecule has 1 unspecified atom stereocenters. The van der Waals surface area contributed by atoms with Crippen LogP contribution in [0.1, 0.15) is 33.5 Å². The average molecular weight is 280 g/mol. The van der Waals surface area contributed by atoms with Gasteiger partial charge in [-0.3, -0.25) is 14.5 Å². The molecule has 1 atom stereocenters. The predicted molar refractivity (Wildman–Crippen MR) is 76.5 cm³/mol. The van der Waals surface area contributed by atoms with Crippen molar-refractivity contribution in [1.29, 1.82) is 0 Å². The van der Waals surface area contributed by atoms with Gasteiger partial charge in [-0.15, -0.1) is 11.3 Å². The zero-order valence-electron chi connectivity index (χ0n) is 11.7. The molecule has 1 aromatic rings. The molecule has 1 aliphatic rings. The van der Waals surface area contributed by atoms with E-state index < -0.39 is 5.41 Å². The van der Waals surface area contributed by atoms with E-state index in [-0.39, 0.29) is 11.7 Å². The van der Waals surface area contributed by atoms with E-state index in [1.54, 1.807) is 11.3 Å². The van der Waals surface area contributed by atoms with Crippen LogP contribution in [-0.2, 0) is 4.79 Å². The molecule has 0 aliphatic carbocycles. The zero-order chi connectivity index (χ0) is 14.2. The van der Waals surface area contributed by atoms with Gasteiger partial charge in [0.1, 0.15) is 0 Å². The monoisotopic (exact) mass is 280 g/mol. The maximum absolute atomic E-state index is 12.3. The van der Waals surface area contributed by atoms with Crippen LogP contribution in [-0.4, -0.2) is 36.2 Å². The SMILES string of the molecule is Cc1cc(C(=O)CN2CCC(C)(C(N)=O)C2)c(C)s1. The van der Waals surface area contributed by atoms with Gasteiger partial charge in [0, 0.05) is 21.9 Å². The molecular formula is C14H20N2O2S. The highest BCUT2D eigenvalue weighted by Crippen LogP contribution is 2.30. The van der Waals surface area contributed by atoms with Gasteiger partial charge in [-0.05, 0) is 39.8 Å². The number of likely N-dealkylation sites (tertiary alicyclic amines) is 1. The standard InChI is InChI=1S/C14H20N2O2S/c1-9-6-11(10(2)19-9)12(17)7-16-5-4-14(3,8-16)13(15)18/h6H,4-5,7-8H2,1-3H3,(H2,15,18). The van der Waals surface area contributed by atoms with E-state index in [2.05, 4.69) is 0 Å². The van der Waals surface area contributed by atoms with Crippen molar-refractivity contribution in [1.82, 2.24) is 4.90 Å². The lowest BCUT2D eigenvalue weighted by Crippen LogP contribution is -2.38. The zero-order valence-corrected chi connectivity index (χ0v) is 12.5. The normalized spacial score (nSPS) is 23.7. The molecule has 0 aromatic carbocycles. The summed E-state index contributed by atoms with van der Waals surface area (Å²) in [6, 6.07) is 1.95. The first-order chi connectivity index (χ1) is 8.82. The Morgan fingerprint density at radius 2 is 2.16 bits per heavy atom. The number of nitrogens with zero attached hydrogens (tertiary/aromatic N) is 1. The highest BCUT2D eigenvalue weighted by atomic mass is 32.1. The van der Waals surface area contributed by atoms with Crippen LogP contribution in [0.3, 0.4) is 0 Å². The Kier molecular flexibility index (Phi) is 3.78. The number of hydrogen-bond acceptors (Lipinski definition) is 4. The number of ketones is 1. The highest BCUT2D eigenvalue weighted by Gasteiger charge is 2.39. The molecule has 2 rings (SSSR count). The van der Waals surface area contributed by atoms with Crippen molar-refractivity contribution in [2.24, 2.45) is 11.1 Å². The molecule has 1 aliphatic heterocycles. The van der Waals surface area contributed by atoms with E-state index in [1.165, 1.54) is 0 Å². The van der Waals surface area contributed by atoms with Crippen molar-refractivity contribution < 1.29 is 9.59 Å². The summed E-state index contributed by atoms with van der Waals surface area (Å²) in [5, 5.41) is 0. The van der Waals surface area contributed by atoms with Crippen molar-refractivity contribution in [2.75, 3.05) is 19.6 Å². The number of nitrogens with two attached hydrogens (primary N) is 1. The molecule has 1 saturated heterocycles. The van der Waals surface area contributed by atoms with E-state index in [1.807, 2.05) is 31.7 Å². The molecule has 0 saturated carbocycles. The number of rotatable bonds is 4. The number of thiophene rings is 1. The van der Waals surface area contributed by atoms with E-state index in [4.69, 9.17) is 5.73 Å². The summed E-state index contributed by atoms with van der Waals surface area (Å²) in [5.41, 5.74) is 5.74. The lowest BCUT2D eigenvalue weighted by atomic mass is 9.89. The van der Waals surface area contributed by atoms with Crippen LogP contribution in [0.5, 0.6) is 0 Å². The first kappa shape index (κ1) is 14.2. The summed E-state index contributed by atoms with van der Waals surface area (Å²) >= 11 is 1.65. The van der Waals surface area contributed by atoms with Crippen molar-refractivity contribution in [3.63, 3.8) is 0 Å². The molecule has 1 fully saturated rings. The van der Waals surface area contributed by atoms with Gasteiger partial charge in [-0.25, -0.2) is 0 Å². The fourth-order valence-corrected chi connectivity index (χ4v) is 3.53. The van der Waals surface area contributed by atoms with Gasteiger partial charge in [-0.2, -0.15) is 0 Å². The Hall–Kier alpha value is -1.20. The fraction of sp³-hybridized carbons (Fsp3) is 0.571. The first-order valence-electron chi connectivity index (χ1n) is 6.44. The van der Waals surface area contributed by atoms with Crippen LogP contribution >= 0.6 is 11.3 Å². The molecule has 19 heavy (non-hydrogen) atoms. The smallest absolute Gasteiger partial charge is 0.224 e. The molecular weight excluding hydrogens is 260 g/mol. The van der Waals surface area contributed by atoms with Crippen LogP contribution in [0, 0.1) is 19.3 Å². The quantitative estimate of drug-likeness (QED) is 0.855. The van der Waals surface area contributed by atoms with Gasteiger partial charge in [0.2, 0.25) is 5.91 Å². The Morgan fingerprint density at radius 1 is 1.47 bits per heavy atom. The number of primary amides is 1. The van der Waals surface area contributed by atoms with Crippen LogP contribution in [0.4, 0.5) is 0 Å². The Labute approximate surface area is 117 Å². The average Bonchev–Trinajstić information content (AvgIpc) is 2.83. The van der Waals surface area contributed by atoms with Crippen molar-refractivity contribution in [3.8, 4) is 0 Å². The molecule has 5 heteroatoms. The topological polar surface area (TPSA) is 63.4 Å². The molecule has 4 nitrogen and oxygen atoms in total. The van der Waals surface area contributed by atoms with Gasteiger partial charge in [-0.1, -0.05) is 0 Å². The van der Waals surface area contributed by atoms with E-state index >= 15 is 0 Å². The summed E-state index contributed by atoms with van der Waals surface area (Å²) in [4.78, 5) is 27.9. The van der Waals surface area contributed by atoms with Gasteiger partial charge < -0.3 is 5.73 Å². The van der Waals surface area contributed by atoms with E-state index in [9.17, 15) is 9.59 Å². The summed E-state index contributed by atoms with van der Waals surface area (Å²) in [5.74, 6) is -0.138. The molecule has 0 bridgehead atoms. The van der Waals surface area contributed by atoms with Gasteiger partial charge in [0.05, 0.1) is 12.0 Å².